The van der Waals surface area contributed by atoms with Gasteiger partial charge in [0.25, 0.3) is 5.91 Å². The number of benzene rings is 3. The second-order valence-corrected chi connectivity index (χ2v) is 13.2. The van der Waals surface area contributed by atoms with Crippen molar-refractivity contribution in [2.45, 2.75) is 57.5 Å². The number of urea groups is 1. The number of anilines is 3. The highest BCUT2D eigenvalue weighted by atomic mass is 35.5. The quantitative estimate of drug-likeness (QED) is 0.279. The van der Waals surface area contributed by atoms with Crippen molar-refractivity contribution in [1.29, 1.82) is 0 Å². The molecule has 7 rings (SSSR count). The molecule has 0 bridgehead atoms. The van der Waals surface area contributed by atoms with Crippen molar-refractivity contribution in [2.75, 3.05) is 47.8 Å². The van der Waals surface area contributed by atoms with E-state index in [1.54, 1.807) is 17.0 Å². The molecule has 4 fully saturated rings. The molecule has 3 aliphatic heterocycles. The van der Waals surface area contributed by atoms with Crippen LogP contribution in [0.1, 0.15) is 51.0 Å². The fourth-order valence-electron chi connectivity index (χ4n) is 7.26. The number of nitrogens with zero attached hydrogens (tertiary/aromatic N) is 4. The number of para-hydroxylation sites is 1. The predicted molar refractivity (Wildman–Crippen MR) is 179 cm³/mol. The van der Waals surface area contributed by atoms with E-state index in [1.165, 1.54) is 29.0 Å². The summed E-state index contributed by atoms with van der Waals surface area (Å²) in [5.41, 5.74) is 4.43. The third-order valence-corrected chi connectivity index (χ3v) is 10.3. The highest BCUT2D eigenvalue weighted by molar-refractivity contribution is 6.36. The molecule has 3 aromatic carbocycles. The molecule has 3 aromatic rings. The van der Waals surface area contributed by atoms with Gasteiger partial charge in [0.1, 0.15) is 5.54 Å². The Kier molecular flexibility index (Phi) is 8.04. The second-order valence-electron chi connectivity index (χ2n) is 12.8. The standard InChI is InChI=1S/C36H40ClN5O3/c1-2-41-35(45)42(32-16-13-27(23-30(32)37)29-7-3-4-8-31(29)38-33(43)26-11-12-26)34(44)36(41)17-21-39(22-18-36)24-25-9-14-28(15-10-25)40-19-5-6-20-40/h3-4,7-10,13-16,23,26H,2,5-6,11-12,17-22,24H2,1H3,(H,38,43). The third-order valence-electron chi connectivity index (χ3n) is 9.99. The normalized spacial score (nSPS) is 20.0. The number of nitrogens with one attached hydrogen (secondary N) is 1. The Morgan fingerprint density at radius 1 is 0.933 bits per heavy atom. The maximum absolute atomic E-state index is 14.2. The number of halogens is 1. The van der Waals surface area contributed by atoms with Crippen molar-refractivity contribution in [2.24, 2.45) is 5.92 Å². The van der Waals surface area contributed by atoms with Gasteiger partial charge in [-0.1, -0.05) is 48.0 Å². The average Bonchev–Trinajstić information content (AvgIpc) is 3.73. The predicted octanol–water partition coefficient (Wildman–Crippen LogP) is 6.78. The van der Waals surface area contributed by atoms with E-state index in [2.05, 4.69) is 39.4 Å². The molecule has 0 aromatic heterocycles. The van der Waals surface area contributed by atoms with Crippen LogP contribution in [0.25, 0.3) is 11.1 Å². The molecule has 3 heterocycles. The number of amides is 4. The summed E-state index contributed by atoms with van der Waals surface area (Å²) in [7, 11) is 0. The number of imide groups is 1. The Morgan fingerprint density at radius 2 is 1.64 bits per heavy atom. The van der Waals surface area contributed by atoms with Crippen LogP contribution in [0.5, 0.6) is 0 Å². The first kappa shape index (κ1) is 29.8. The number of hydrogen-bond acceptors (Lipinski definition) is 5. The lowest BCUT2D eigenvalue weighted by Crippen LogP contribution is -2.56. The van der Waals surface area contributed by atoms with Crippen molar-refractivity contribution in [1.82, 2.24) is 9.80 Å². The van der Waals surface area contributed by atoms with Crippen molar-refractivity contribution >= 4 is 46.5 Å². The summed E-state index contributed by atoms with van der Waals surface area (Å²) in [6.45, 7) is 6.93. The van der Waals surface area contributed by atoms with E-state index in [0.29, 0.717) is 30.1 Å². The number of carbonyl (C=O) groups excluding carboxylic acids is 3. The first-order valence-corrected chi connectivity index (χ1v) is 16.7. The highest BCUT2D eigenvalue weighted by Crippen LogP contribution is 2.43. The van der Waals surface area contributed by atoms with Gasteiger partial charge >= 0.3 is 6.03 Å². The van der Waals surface area contributed by atoms with Gasteiger partial charge in [-0.25, -0.2) is 9.69 Å². The van der Waals surface area contributed by atoms with Gasteiger partial charge in [-0.2, -0.15) is 0 Å². The van der Waals surface area contributed by atoms with Crippen LogP contribution < -0.4 is 15.1 Å². The fourth-order valence-corrected chi connectivity index (χ4v) is 7.52. The minimum absolute atomic E-state index is 0.0323. The molecule has 3 saturated heterocycles. The summed E-state index contributed by atoms with van der Waals surface area (Å²) < 4.78 is 0. The van der Waals surface area contributed by atoms with E-state index < -0.39 is 5.54 Å². The van der Waals surface area contributed by atoms with Crippen LogP contribution in [0.2, 0.25) is 5.02 Å². The first-order chi connectivity index (χ1) is 21.9. The average molecular weight is 626 g/mol. The minimum atomic E-state index is -0.871. The van der Waals surface area contributed by atoms with Crippen LogP contribution >= 0.6 is 11.6 Å². The molecular formula is C36H40ClN5O3. The summed E-state index contributed by atoms with van der Waals surface area (Å²) >= 11 is 6.83. The van der Waals surface area contributed by atoms with Crippen LogP contribution in [-0.4, -0.2) is 65.9 Å². The molecule has 234 valence electrons. The Balaban J connectivity index is 1.06. The van der Waals surface area contributed by atoms with Crippen molar-refractivity contribution in [3.05, 3.63) is 77.3 Å². The molecule has 45 heavy (non-hydrogen) atoms. The monoisotopic (exact) mass is 625 g/mol. The maximum atomic E-state index is 14.2. The molecule has 4 aliphatic rings. The molecule has 0 unspecified atom stereocenters. The molecule has 0 atom stereocenters. The molecular weight excluding hydrogens is 586 g/mol. The maximum Gasteiger partial charge on any atom is 0.332 e. The van der Waals surface area contributed by atoms with Crippen molar-refractivity contribution in [3.8, 4) is 11.1 Å². The SMILES string of the molecule is CCN1C(=O)N(c2ccc(-c3ccccc3NC(=O)C3CC3)cc2Cl)C(=O)C12CCN(Cc1ccc(N3CCCC3)cc1)CC2. The van der Waals surface area contributed by atoms with Crippen molar-refractivity contribution < 1.29 is 14.4 Å². The van der Waals surface area contributed by atoms with Crippen LogP contribution in [0.15, 0.2) is 66.7 Å². The van der Waals surface area contributed by atoms with Crippen molar-refractivity contribution in [3.63, 3.8) is 0 Å². The molecule has 9 heteroatoms. The van der Waals surface area contributed by atoms with E-state index in [-0.39, 0.29) is 23.8 Å². The Bertz CT molecular complexity index is 1610. The van der Waals surface area contributed by atoms with E-state index in [9.17, 15) is 14.4 Å². The van der Waals surface area contributed by atoms with Gasteiger partial charge in [-0.3, -0.25) is 14.5 Å². The molecule has 1 saturated carbocycles. The number of likely N-dealkylation sites (N-methyl/N-ethyl adjacent to an activating group) is 1. The van der Waals surface area contributed by atoms with Gasteiger partial charge in [-0.15, -0.1) is 0 Å². The van der Waals surface area contributed by atoms with E-state index in [0.717, 1.165) is 62.4 Å². The second kappa shape index (κ2) is 12.1. The van der Waals surface area contributed by atoms with Gasteiger partial charge in [-0.05, 0) is 86.9 Å². The summed E-state index contributed by atoms with van der Waals surface area (Å²) in [6, 6.07) is 21.6. The topological polar surface area (TPSA) is 76.2 Å². The zero-order chi connectivity index (χ0) is 31.1. The van der Waals surface area contributed by atoms with Gasteiger partial charge in [0.15, 0.2) is 0 Å². The molecule has 1 spiro atoms. The lowest BCUT2D eigenvalue weighted by molar-refractivity contribution is -0.127. The molecule has 4 amide bonds. The van der Waals surface area contributed by atoms with Crippen LogP contribution in [0.4, 0.5) is 21.9 Å². The van der Waals surface area contributed by atoms with Gasteiger partial charge in [0, 0.05) is 62.1 Å². The van der Waals surface area contributed by atoms with E-state index in [4.69, 9.17) is 11.6 Å². The molecule has 0 radical (unpaired) electrons. The zero-order valence-corrected chi connectivity index (χ0v) is 26.6. The van der Waals surface area contributed by atoms with Crippen LogP contribution in [0, 0.1) is 5.92 Å². The highest BCUT2D eigenvalue weighted by Gasteiger charge is 2.58. The fraction of sp³-hybridized carbons (Fsp3) is 0.417. The number of piperidine rings is 1. The lowest BCUT2D eigenvalue weighted by Gasteiger charge is -2.41. The summed E-state index contributed by atoms with van der Waals surface area (Å²) in [6.07, 6.45) is 5.53. The number of hydrogen-bond donors (Lipinski definition) is 1. The summed E-state index contributed by atoms with van der Waals surface area (Å²) in [4.78, 5) is 48.3. The van der Waals surface area contributed by atoms with Crippen LogP contribution in [0.3, 0.4) is 0 Å². The Labute approximate surface area is 269 Å². The molecule has 1 aliphatic carbocycles. The lowest BCUT2D eigenvalue weighted by atomic mass is 9.85. The van der Waals surface area contributed by atoms with Crippen LogP contribution in [-0.2, 0) is 16.1 Å². The number of rotatable bonds is 8. The summed E-state index contributed by atoms with van der Waals surface area (Å²) in [5, 5.41) is 3.37. The molecule has 1 N–H and O–H groups in total. The Hall–Kier alpha value is -3.88. The first-order valence-electron chi connectivity index (χ1n) is 16.3. The van der Waals surface area contributed by atoms with Gasteiger partial charge in [0.2, 0.25) is 5.91 Å². The smallest absolute Gasteiger partial charge is 0.332 e. The Morgan fingerprint density at radius 3 is 2.31 bits per heavy atom. The molecule has 8 nitrogen and oxygen atoms in total. The van der Waals surface area contributed by atoms with E-state index >= 15 is 0 Å². The van der Waals surface area contributed by atoms with Gasteiger partial charge < -0.3 is 15.1 Å². The minimum Gasteiger partial charge on any atom is -0.372 e. The van der Waals surface area contributed by atoms with Gasteiger partial charge in [0.05, 0.1) is 10.7 Å². The number of carbonyl (C=O) groups is 3. The van der Waals surface area contributed by atoms with E-state index in [1.807, 2.05) is 37.3 Å². The third kappa shape index (κ3) is 5.59. The summed E-state index contributed by atoms with van der Waals surface area (Å²) in [5.74, 6) is -0.0799. The number of likely N-dealkylation sites (tertiary alicyclic amines) is 1. The zero-order valence-electron chi connectivity index (χ0n) is 25.8. The largest absolute Gasteiger partial charge is 0.372 e.